The van der Waals surface area contributed by atoms with Crippen LogP contribution in [-0.2, 0) is 12.8 Å². The maximum Gasteiger partial charge on any atom is 0.101 e. The van der Waals surface area contributed by atoms with Crippen LogP contribution < -0.4 is 0 Å². The van der Waals surface area contributed by atoms with E-state index in [9.17, 15) is 0 Å². The fourth-order valence-corrected chi connectivity index (χ4v) is 3.95. The van der Waals surface area contributed by atoms with Gasteiger partial charge in [-0.2, -0.15) is 0 Å². The van der Waals surface area contributed by atoms with Gasteiger partial charge in [-0.05, 0) is 36.8 Å². The molecule has 0 N–H and O–H groups in total. The SMILES string of the molecule is CCCCc1ccc(-c2nnc(-c3ccc(CCCC)cc3)c3ccccc23)cc1. The number of aromatic nitrogens is 2. The van der Waals surface area contributed by atoms with Gasteiger partial charge in [0.1, 0.15) is 11.4 Å². The maximum atomic E-state index is 4.67. The van der Waals surface area contributed by atoms with Gasteiger partial charge in [0.15, 0.2) is 0 Å². The lowest BCUT2D eigenvalue weighted by Crippen LogP contribution is -1.95. The molecular weight excluding hydrogens is 364 g/mol. The molecule has 1 aromatic heterocycles. The quantitative estimate of drug-likeness (QED) is 0.307. The molecule has 30 heavy (non-hydrogen) atoms. The molecule has 0 spiro atoms. The van der Waals surface area contributed by atoms with E-state index in [0.29, 0.717) is 0 Å². The Balaban J connectivity index is 1.70. The first kappa shape index (κ1) is 20.3. The lowest BCUT2D eigenvalue weighted by molar-refractivity contribution is 0.795. The summed E-state index contributed by atoms with van der Waals surface area (Å²) in [6.07, 6.45) is 7.17. The van der Waals surface area contributed by atoms with E-state index in [4.69, 9.17) is 0 Å². The highest BCUT2D eigenvalue weighted by Gasteiger charge is 2.12. The molecule has 0 aliphatic rings. The van der Waals surface area contributed by atoms with Gasteiger partial charge < -0.3 is 0 Å². The van der Waals surface area contributed by atoms with Crippen LogP contribution in [0.1, 0.15) is 50.7 Å². The summed E-state index contributed by atoms with van der Waals surface area (Å²) in [5.41, 5.74) is 6.93. The van der Waals surface area contributed by atoms with Crippen LogP contribution in [0.5, 0.6) is 0 Å². The molecule has 152 valence electrons. The van der Waals surface area contributed by atoms with Crippen molar-refractivity contribution < 1.29 is 0 Å². The van der Waals surface area contributed by atoms with Crippen molar-refractivity contribution in [2.75, 3.05) is 0 Å². The number of unbranched alkanes of at least 4 members (excludes halogenated alkanes) is 2. The number of aryl methyl sites for hydroxylation is 2. The summed E-state index contributed by atoms with van der Waals surface area (Å²) in [5.74, 6) is 0. The fourth-order valence-electron chi connectivity index (χ4n) is 3.95. The third-order valence-corrected chi connectivity index (χ3v) is 5.78. The van der Waals surface area contributed by atoms with Crippen molar-refractivity contribution in [2.45, 2.75) is 52.4 Å². The molecule has 2 heteroatoms. The summed E-state index contributed by atoms with van der Waals surface area (Å²) in [6.45, 7) is 4.47. The van der Waals surface area contributed by atoms with Crippen molar-refractivity contribution in [3.05, 3.63) is 83.9 Å². The average molecular weight is 395 g/mol. The Labute approximate surface area is 180 Å². The maximum absolute atomic E-state index is 4.67. The van der Waals surface area contributed by atoms with E-state index in [-0.39, 0.29) is 0 Å². The van der Waals surface area contributed by atoms with Crippen molar-refractivity contribution in [2.24, 2.45) is 0 Å². The Bertz CT molecular complexity index is 1010. The van der Waals surface area contributed by atoms with Gasteiger partial charge in [-0.1, -0.05) is 99.5 Å². The summed E-state index contributed by atoms with van der Waals surface area (Å²) in [5, 5.41) is 11.6. The van der Waals surface area contributed by atoms with E-state index in [0.717, 1.165) is 46.1 Å². The van der Waals surface area contributed by atoms with E-state index in [1.807, 2.05) is 0 Å². The Morgan fingerprint density at radius 3 is 1.30 bits per heavy atom. The largest absolute Gasteiger partial charge is 0.149 e. The zero-order valence-electron chi connectivity index (χ0n) is 18.1. The van der Waals surface area contributed by atoms with Crippen molar-refractivity contribution in [1.29, 1.82) is 0 Å². The third-order valence-electron chi connectivity index (χ3n) is 5.78. The van der Waals surface area contributed by atoms with Crippen LogP contribution >= 0.6 is 0 Å². The molecule has 0 bridgehead atoms. The van der Waals surface area contributed by atoms with Gasteiger partial charge in [0.25, 0.3) is 0 Å². The number of rotatable bonds is 8. The highest BCUT2D eigenvalue weighted by Crippen LogP contribution is 2.32. The summed E-state index contributed by atoms with van der Waals surface area (Å²) in [4.78, 5) is 0. The molecule has 4 rings (SSSR count). The second-order valence-corrected chi connectivity index (χ2v) is 8.04. The molecule has 0 saturated carbocycles. The lowest BCUT2D eigenvalue weighted by atomic mass is 9.98. The summed E-state index contributed by atoms with van der Waals surface area (Å²) in [6, 6.07) is 26.1. The Hall–Kier alpha value is -3.00. The highest BCUT2D eigenvalue weighted by molar-refractivity contribution is 6.01. The second-order valence-electron chi connectivity index (χ2n) is 8.04. The van der Waals surface area contributed by atoms with Gasteiger partial charge in [-0.25, -0.2) is 0 Å². The number of fused-ring (bicyclic) bond motifs is 1. The van der Waals surface area contributed by atoms with Crippen LogP contribution in [-0.4, -0.2) is 10.2 Å². The molecule has 0 radical (unpaired) electrons. The number of hydrogen-bond donors (Lipinski definition) is 0. The molecular formula is C28H30N2. The van der Waals surface area contributed by atoms with Gasteiger partial charge in [-0.3, -0.25) is 0 Å². The van der Waals surface area contributed by atoms with Gasteiger partial charge >= 0.3 is 0 Å². The standard InChI is InChI=1S/C28H30N2/c1-3-5-9-21-13-17-23(18-14-21)27-25-11-7-8-12-26(25)28(30-29-27)24-19-15-22(16-20-24)10-6-4-2/h7-8,11-20H,3-6,9-10H2,1-2H3. The minimum absolute atomic E-state index is 0.955. The van der Waals surface area contributed by atoms with E-state index >= 15 is 0 Å². The van der Waals surface area contributed by atoms with Crippen LogP contribution in [0.25, 0.3) is 33.3 Å². The van der Waals surface area contributed by atoms with Crippen LogP contribution in [0.15, 0.2) is 72.8 Å². The fraction of sp³-hybridized carbons (Fsp3) is 0.286. The smallest absolute Gasteiger partial charge is 0.101 e. The van der Waals surface area contributed by atoms with Crippen molar-refractivity contribution in [1.82, 2.24) is 10.2 Å². The normalized spacial score (nSPS) is 11.1. The predicted molar refractivity (Wildman–Crippen MR) is 128 cm³/mol. The van der Waals surface area contributed by atoms with Gasteiger partial charge in [0.2, 0.25) is 0 Å². The number of hydrogen-bond acceptors (Lipinski definition) is 2. The predicted octanol–water partition coefficient (Wildman–Crippen LogP) is 7.65. The lowest BCUT2D eigenvalue weighted by Gasteiger charge is -2.11. The molecule has 0 atom stereocenters. The van der Waals surface area contributed by atoms with E-state index in [1.165, 1.54) is 36.8 Å². The Morgan fingerprint density at radius 2 is 0.933 bits per heavy atom. The van der Waals surface area contributed by atoms with Crippen molar-refractivity contribution in [3.63, 3.8) is 0 Å². The molecule has 0 aliphatic carbocycles. The van der Waals surface area contributed by atoms with E-state index in [2.05, 4.69) is 96.8 Å². The molecule has 0 aliphatic heterocycles. The molecule has 0 fully saturated rings. The number of benzene rings is 3. The highest BCUT2D eigenvalue weighted by atomic mass is 15.1. The number of nitrogens with zero attached hydrogens (tertiary/aromatic N) is 2. The van der Waals surface area contributed by atoms with Crippen LogP contribution in [0.3, 0.4) is 0 Å². The van der Waals surface area contributed by atoms with Gasteiger partial charge in [-0.15, -0.1) is 10.2 Å². The second kappa shape index (κ2) is 9.67. The van der Waals surface area contributed by atoms with Gasteiger partial charge in [0.05, 0.1) is 0 Å². The topological polar surface area (TPSA) is 25.8 Å². The van der Waals surface area contributed by atoms with Crippen LogP contribution in [0.4, 0.5) is 0 Å². The first-order valence-corrected chi connectivity index (χ1v) is 11.2. The molecule has 0 amide bonds. The first-order chi connectivity index (χ1) is 14.8. The Morgan fingerprint density at radius 1 is 0.533 bits per heavy atom. The first-order valence-electron chi connectivity index (χ1n) is 11.2. The minimum Gasteiger partial charge on any atom is -0.149 e. The zero-order chi connectivity index (χ0) is 20.8. The Kier molecular flexibility index (Phi) is 6.53. The van der Waals surface area contributed by atoms with E-state index < -0.39 is 0 Å². The summed E-state index contributed by atoms with van der Waals surface area (Å²) in [7, 11) is 0. The zero-order valence-corrected chi connectivity index (χ0v) is 18.1. The minimum atomic E-state index is 0.955. The third kappa shape index (κ3) is 4.43. The molecule has 1 heterocycles. The van der Waals surface area contributed by atoms with Gasteiger partial charge in [0, 0.05) is 21.9 Å². The van der Waals surface area contributed by atoms with Crippen molar-refractivity contribution in [3.8, 4) is 22.5 Å². The summed E-state index contributed by atoms with van der Waals surface area (Å²) >= 11 is 0. The molecule has 0 unspecified atom stereocenters. The van der Waals surface area contributed by atoms with E-state index in [1.54, 1.807) is 0 Å². The summed E-state index contributed by atoms with van der Waals surface area (Å²) < 4.78 is 0. The monoisotopic (exact) mass is 394 g/mol. The molecule has 3 aromatic carbocycles. The average Bonchev–Trinajstić information content (AvgIpc) is 2.81. The van der Waals surface area contributed by atoms with Crippen molar-refractivity contribution >= 4 is 10.8 Å². The van der Waals surface area contributed by atoms with Crippen LogP contribution in [0, 0.1) is 0 Å². The molecule has 2 nitrogen and oxygen atoms in total. The van der Waals surface area contributed by atoms with Crippen LogP contribution in [0.2, 0.25) is 0 Å². The molecule has 4 aromatic rings. The molecule has 0 saturated heterocycles.